The molecule has 3 rings (SSSR count). The molecular formula is C19H24N2O. The summed E-state index contributed by atoms with van der Waals surface area (Å²) in [6, 6.07) is 15.2. The molecule has 0 spiro atoms. The van der Waals surface area contributed by atoms with Crippen LogP contribution in [0.15, 0.2) is 48.7 Å². The van der Waals surface area contributed by atoms with Crippen molar-refractivity contribution in [2.45, 2.75) is 51.7 Å². The Balaban J connectivity index is 1.72. The molecule has 22 heavy (non-hydrogen) atoms. The molecule has 1 aliphatic carbocycles. The van der Waals surface area contributed by atoms with Gasteiger partial charge in [-0.25, -0.2) is 0 Å². The molecule has 0 aliphatic heterocycles. The van der Waals surface area contributed by atoms with E-state index in [0.717, 1.165) is 32.4 Å². The van der Waals surface area contributed by atoms with Gasteiger partial charge < -0.3 is 9.47 Å². The molecule has 1 fully saturated rings. The first kappa shape index (κ1) is 14.9. The molecule has 2 aromatic rings. The van der Waals surface area contributed by atoms with Crippen LogP contribution in [0.3, 0.4) is 0 Å². The number of hydrogen-bond donors (Lipinski definition) is 0. The van der Waals surface area contributed by atoms with Crippen molar-refractivity contribution in [3.63, 3.8) is 0 Å². The normalized spacial score (nSPS) is 14.0. The minimum absolute atomic E-state index is 0.303. The molecule has 0 saturated heterocycles. The maximum atomic E-state index is 12.3. The summed E-state index contributed by atoms with van der Waals surface area (Å²) in [4.78, 5) is 14.4. The van der Waals surface area contributed by atoms with E-state index < -0.39 is 0 Å². The first-order valence-electron chi connectivity index (χ1n) is 8.25. The number of benzene rings is 1. The Morgan fingerprint density at radius 3 is 2.64 bits per heavy atom. The summed E-state index contributed by atoms with van der Waals surface area (Å²) in [6.45, 7) is 3.67. The molecule has 0 N–H and O–H groups in total. The second kappa shape index (κ2) is 6.82. The van der Waals surface area contributed by atoms with E-state index in [4.69, 9.17) is 0 Å². The molecule has 3 heteroatoms. The molecule has 0 radical (unpaired) electrons. The molecule has 0 unspecified atom stereocenters. The number of nitrogens with zero attached hydrogens (tertiary/aromatic N) is 2. The molecule has 0 atom stereocenters. The van der Waals surface area contributed by atoms with E-state index >= 15 is 0 Å². The molecule has 3 nitrogen and oxygen atoms in total. The van der Waals surface area contributed by atoms with Crippen molar-refractivity contribution >= 4 is 5.91 Å². The van der Waals surface area contributed by atoms with Gasteiger partial charge >= 0.3 is 0 Å². The van der Waals surface area contributed by atoms with E-state index in [0.29, 0.717) is 18.4 Å². The molecule has 1 aromatic carbocycles. The third kappa shape index (κ3) is 3.59. The second-order valence-electron chi connectivity index (χ2n) is 6.12. The SMILES string of the molecule is CCCC(=O)N(Cc1cccn1Cc1ccccc1)C1CC1. The maximum Gasteiger partial charge on any atom is 0.223 e. The quantitative estimate of drug-likeness (QED) is 0.762. The van der Waals surface area contributed by atoms with E-state index in [2.05, 4.69) is 59.0 Å². The van der Waals surface area contributed by atoms with Gasteiger partial charge in [0.15, 0.2) is 0 Å². The van der Waals surface area contributed by atoms with Gasteiger partial charge in [0.05, 0.1) is 6.54 Å². The summed E-state index contributed by atoms with van der Waals surface area (Å²) in [5, 5.41) is 0. The Kier molecular flexibility index (Phi) is 4.62. The van der Waals surface area contributed by atoms with Gasteiger partial charge in [0.1, 0.15) is 0 Å². The van der Waals surface area contributed by atoms with Crippen LogP contribution < -0.4 is 0 Å². The summed E-state index contributed by atoms with van der Waals surface area (Å²) in [6.07, 6.45) is 6.02. The van der Waals surface area contributed by atoms with E-state index in [9.17, 15) is 4.79 Å². The average molecular weight is 296 g/mol. The summed E-state index contributed by atoms with van der Waals surface area (Å²) in [5.74, 6) is 0.303. The monoisotopic (exact) mass is 296 g/mol. The zero-order valence-electron chi connectivity index (χ0n) is 13.2. The highest BCUT2D eigenvalue weighted by atomic mass is 16.2. The number of aromatic nitrogens is 1. The molecule has 116 valence electrons. The van der Waals surface area contributed by atoms with Crippen molar-refractivity contribution < 1.29 is 4.79 Å². The first-order valence-corrected chi connectivity index (χ1v) is 8.25. The lowest BCUT2D eigenvalue weighted by atomic mass is 10.2. The van der Waals surface area contributed by atoms with Crippen LogP contribution in [0.25, 0.3) is 0 Å². The van der Waals surface area contributed by atoms with Crippen LogP contribution >= 0.6 is 0 Å². The number of rotatable bonds is 7. The Labute approximate surface area is 132 Å². The third-order valence-electron chi connectivity index (χ3n) is 4.22. The summed E-state index contributed by atoms with van der Waals surface area (Å²) < 4.78 is 2.25. The highest BCUT2D eigenvalue weighted by molar-refractivity contribution is 5.76. The Bertz CT molecular complexity index is 613. The van der Waals surface area contributed by atoms with Gasteiger partial charge in [-0.1, -0.05) is 37.3 Å². The van der Waals surface area contributed by atoms with Gasteiger partial charge in [0.2, 0.25) is 5.91 Å². The minimum atomic E-state index is 0.303. The topological polar surface area (TPSA) is 25.2 Å². The summed E-state index contributed by atoms with van der Waals surface area (Å²) in [5.41, 5.74) is 2.51. The molecule has 1 heterocycles. The fourth-order valence-electron chi connectivity index (χ4n) is 2.87. The number of carbonyl (C=O) groups is 1. The van der Waals surface area contributed by atoms with Crippen LogP contribution in [0.1, 0.15) is 43.9 Å². The summed E-state index contributed by atoms with van der Waals surface area (Å²) >= 11 is 0. The Hall–Kier alpha value is -2.03. The van der Waals surface area contributed by atoms with Crippen LogP contribution in [-0.2, 0) is 17.9 Å². The van der Waals surface area contributed by atoms with Gasteiger partial charge in [-0.15, -0.1) is 0 Å². The fraction of sp³-hybridized carbons (Fsp3) is 0.421. The van der Waals surface area contributed by atoms with Crippen molar-refractivity contribution in [2.24, 2.45) is 0 Å². The third-order valence-corrected chi connectivity index (χ3v) is 4.22. The van der Waals surface area contributed by atoms with Crippen LogP contribution in [0, 0.1) is 0 Å². The molecule has 1 aliphatic rings. The summed E-state index contributed by atoms with van der Waals surface area (Å²) in [7, 11) is 0. The van der Waals surface area contributed by atoms with Crippen LogP contribution in [0.5, 0.6) is 0 Å². The maximum absolute atomic E-state index is 12.3. The van der Waals surface area contributed by atoms with E-state index in [1.165, 1.54) is 11.3 Å². The second-order valence-corrected chi connectivity index (χ2v) is 6.12. The molecular weight excluding hydrogens is 272 g/mol. The molecule has 0 bridgehead atoms. The molecule has 1 saturated carbocycles. The van der Waals surface area contributed by atoms with Gasteiger partial charge in [0, 0.05) is 30.9 Å². The van der Waals surface area contributed by atoms with Crippen LogP contribution in [0.2, 0.25) is 0 Å². The lowest BCUT2D eigenvalue weighted by molar-refractivity contribution is -0.132. The highest BCUT2D eigenvalue weighted by Crippen LogP contribution is 2.29. The van der Waals surface area contributed by atoms with Crippen molar-refractivity contribution in [1.29, 1.82) is 0 Å². The largest absolute Gasteiger partial charge is 0.345 e. The Morgan fingerprint density at radius 2 is 1.95 bits per heavy atom. The van der Waals surface area contributed by atoms with Crippen molar-refractivity contribution in [3.05, 3.63) is 59.9 Å². The Morgan fingerprint density at radius 1 is 1.18 bits per heavy atom. The predicted octanol–water partition coefficient (Wildman–Crippen LogP) is 3.83. The number of carbonyl (C=O) groups excluding carboxylic acids is 1. The van der Waals surface area contributed by atoms with Crippen molar-refractivity contribution in [2.75, 3.05) is 0 Å². The van der Waals surface area contributed by atoms with Crippen LogP contribution in [0.4, 0.5) is 0 Å². The number of amides is 1. The smallest absolute Gasteiger partial charge is 0.223 e. The van der Waals surface area contributed by atoms with Gasteiger partial charge in [-0.05, 0) is 37.0 Å². The average Bonchev–Trinajstić information content (AvgIpc) is 3.28. The van der Waals surface area contributed by atoms with Gasteiger partial charge in [0.25, 0.3) is 0 Å². The van der Waals surface area contributed by atoms with E-state index in [1.54, 1.807) is 0 Å². The standard InChI is InChI=1S/C19H24N2O/c1-2-7-19(22)21(17-11-12-17)15-18-10-6-13-20(18)14-16-8-4-3-5-9-16/h3-6,8-10,13,17H,2,7,11-12,14-15H2,1H3. The van der Waals surface area contributed by atoms with E-state index in [1.807, 2.05) is 6.07 Å². The van der Waals surface area contributed by atoms with Gasteiger partial charge in [-0.3, -0.25) is 4.79 Å². The van der Waals surface area contributed by atoms with Crippen LogP contribution in [-0.4, -0.2) is 21.4 Å². The van der Waals surface area contributed by atoms with Crippen molar-refractivity contribution in [3.8, 4) is 0 Å². The number of hydrogen-bond acceptors (Lipinski definition) is 1. The molecule has 1 aromatic heterocycles. The lowest BCUT2D eigenvalue weighted by Crippen LogP contribution is -2.33. The van der Waals surface area contributed by atoms with Crippen molar-refractivity contribution in [1.82, 2.24) is 9.47 Å². The first-order chi connectivity index (χ1) is 10.8. The minimum Gasteiger partial charge on any atom is -0.345 e. The lowest BCUT2D eigenvalue weighted by Gasteiger charge is -2.23. The van der Waals surface area contributed by atoms with E-state index in [-0.39, 0.29) is 0 Å². The fourth-order valence-corrected chi connectivity index (χ4v) is 2.87. The highest BCUT2D eigenvalue weighted by Gasteiger charge is 2.32. The zero-order chi connectivity index (χ0) is 15.4. The van der Waals surface area contributed by atoms with Gasteiger partial charge in [-0.2, -0.15) is 0 Å². The zero-order valence-corrected chi connectivity index (χ0v) is 13.2. The predicted molar refractivity (Wildman–Crippen MR) is 88.5 cm³/mol. The molecule has 1 amide bonds.